The molecule has 9 heteroatoms. The molecule has 1 unspecified atom stereocenters. The van der Waals surface area contributed by atoms with Crippen molar-refractivity contribution in [3.05, 3.63) is 22.3 Å². The number of nitrogens with one attached hydrogen (secondary N) is 2. The Morgan fingerprint density at radius 1 is 1.52 bits per heavy atom. The zero-order valence-corrected chi connectivity index (χ0v) is 12.6. The zero-order chi connectivity index (χ0) is 15.4. The number of piperazine rings is 1. The Balaban J connectivity index is 1.98. The highest BCUT2D eigenvalue weighted by Crippen LogP contribution is 2.22. The normalized spacial score (nSPS) is 19.2. The summed E-state index contributed by atoms with van der Waals surface area (Å²) in [6, 6.07) is 0.987. The molecule has 7 nitrogen and oxygen atoms in total. The van der Waals surface area contributed by atoms with Gasteiger partial charge in [-0.2, -0.15) is 0 Å². The lowest BCUT2D eigenvalue weighted by molar-refractivity contribution is -0.125. The van der Waals surface area contributed by atoms with Gasteiger partial charge in [0.2, 0.25) is 11.8 Å². The Bertz CT molecular complexity index is 554. The predicted octanol–water partition coefficient (Wildman–Crippen LogP) is 0.0860. The third kappa shape index (κ3) is 4.28. The maximum absolute atomic E-state index is 12.0. The summed E-state index contributed by atoms with van der Waals surface area (Å²) >= 11 is 11.7. The summed E-state index contributed by atoms with van der Waals surface area (Å²) < 4.78 is 0. The number of anilines is 1. The molecule has 2 rings (SSSR count). The Labute approximate surface area is 131 Å². The van der Waals surface area contributed by atoms with Gasteiger partial charge in [0, 0.05) is 25.8 Å². The number of carbonyl (C=O) groups excluding carboxylic acids is 2. The second-order valence-corrected chi connectivity index (χ2v) is 5.47. The standard InChI is InChI=1S/C12H15Cl2N5O2/c13-7-3-8(14)12(17-4-7)18-10(20)6-19-2-1-16-5-9(19)11(15)21/h3-4,9,16H,1-2,5-6H2,(H2,15,21)(H,17,18,20). The molecule has 2 amide bonds. The number of halogens is 2. The predicted molar refractivity (Wildman–Crippen MR) is 80.3 cm³/mol. The molecule has 114 valence electrons. The monoisotopic (exact) mass is 331 g/mol. The highest BCUT2D eigenvalue weighted by Gasteiger charge is 2.28. The Kier molecular flexibility index (Phi) is 5.35. The van der Waals surface area contributed by atoms with Gasteiger partial charge in [-0.3, -0.25) is 14.5 Å². The van der Waals surface area contributed by atoms with Crippen LogP contribution in [0.15, 0.2) is 12.3 Å². The van der Waals surface area contributed by atoms with Crippen molar-refractivity contribution in [2.75, 3.05) is 31.5 Å². The van der Waals surface area contributed by atoms with E-state index < -0.39 is 11.9 Å². The van der Waals surface area contributed by atoms with E-state index in [-0.39, 0.29) is 23.3 Å². The summed E-state index contributed by atoms with van der Waals surface area (Å²) in [5.41, 5.74) is 5.33. The first-order valence-electron chi connectivity index (χ1n) is 6.32. The van der Waals surface area contributed by atoms with E-state index in [1.165, 1.54) is 12.3 Å². The van der Waals surface area contributed by atoms with Crippen LogP contribution in [0.25, 0.3) is 0 Å². The lowest BCUT2D eigenvalue weighted by Crippen LogP contribution is -2.58. The van der Waals surface area contributed by atoms with Crippen molar-refractivity contribution in [1.82, 2.24) is 15.2 Å². The Morgan fingerprint density at radius 3 is 2.95 bits per heavy atom. The first-order valence-corrected chi connectivity index (χ1v) is 7.08. The molecule has 1 fully saturated rings. The number of nitrogens with zero attached hydrogens (tertiary/aromatic N) is 2. The van der Waals surface area contributed by atoms with Gasteiger partial charge < -0.3 is 16.4 Å². The van der Waals surface area contributed by atoms with Gasteiger partial charge in [-0.15, -0.1) is 0 Å². The first-order chi connectivity index (χ1) is 9.97. The summed E-state index contributed by atoms with van der Waals surface area (Å²) in [7, 11) is 0. The van der Waals surface area contributed by atoms with Crippen molar-refractivity contribution in [2.24, 2.45) is 5.73 Å². The molecule has 1 aromatic heterocycles. The average molecular weight is 332 g/mol. The third-order valence-electron chi connectivity index (χ3n) is 3.10. The number of aromatic nitrogens is 1. The van der Waals surface area contributed by atoms with Crippen molar-refractivity contribution < 1.29 is 9.59 Å². The van der Waals surface area contributed by atoms with E-state index in [1.54, 1.807) is 4.90 Å². The van der Waals surface area contributed by atoms with Crippen molar-refractivity contribution in [2.45, 2.75) is 6.04 Å². The lowest BCUT2D eigenvalue weighted by Gasteiger charge is -2.33. The minimum absolute atomic E-state index is 0.0376. The zero-order valence-electron chi connectivity index (χ0n) is 11.1. The van der Waals surface area contributed by atoms with E-state index in [1.807, 2.05) is 0 Å². The van der Waals surface area contributed by atoms with Crippen LogP contribution in [0.4, 0.5) is 5.82 Å². The van der Waals surface area contributed by atoms with E-state index in [0.717, 1.165) is 0 Å². The van der Waals surface area contributed by atoms with E-state index in [2.05, 4.69) is 15.6 Å². The van der Waals surface area contributed by atoms with E-state index in [4.69, 9.17) is 28.9 Å². The maximum Gasteiger partial charge on any atom is 0.239 e. The van der Waals surface area contributed by atoms with Gasteiger partial charge in [-0.25, -0.2) is 4.98 Å². The van der Waals surface area contributed by atoms with E-state index in [9.17, 15) is 9.59 Å². The van der Waals surface area contributed by atoms with Gasteiger partial charge in [0.1, 0.15) is 6.04 Å². The fraction of sp³-hybridized carbons (Fsp3) is 0.417. The molecule has 4 N–H and O–H groups in total. The van der Waals surface area contributed by atoms with Crippen LogP contribution in [0.5, 0.6) is 0 Å². The lowest BCUT2D eigenvalue weighted by atomic mass is 10.2. The number of carbonyl (C=O) groups is 2. The van der Waals surface area contributed by atoms with Crippen LogP contribution < -0.4 is 16.4 Å². The second-order valence-electron chi connectivity index (χ2n) is 4.62. The fourth-order valence-corrected chi connectivity index (χ4v) is 2.51. The molecule has 0 aromatic carbocycles. The van der Waals surface area contributed by atoms with Crippen molar-refractivity contribution in [1.29, 1.82) is 0 Å². The summed E-state index contributed by atoms with van der Waals surface area (Å²) in [6.07, 6.45) is 1.39. The number of hydrogen-bond acceptors (Lipinski definition) is 5. The van der Waals surface area contributed by atoms with E-state index in [0.29, 0.717) is 24.7 Å². The van der Waals surface area contributed by atoms with Gasteiger partial charge in [-0.05, 0) is 6.07 Å². The van der Waals surface area contributed by atoms with Gasteiger partial charge in [0.05, 0.1) is 16.6 Å². The molecular weight excluding hydrogens is 317 g/mol. The van der Waals surface area contributed by atoms with Crippen molar-refractivity contribution >= 4 is 40.8 Å². The topological polar surface area (TPSA) is 100 Å². The number of amides is 2. The van der Waals surface area contributed by atoms with Gasteiger partial charge in [0.15, 0.2) is 5.82 Å². The maximum atomic E-state index is 12.0. The van der Waals surface area contributed by atoms with Gasteiger partial charge in [-0.1, -0.05) is 23.2 Å². The van der Waals surface area contributed by atoms with Crippen LogP contribution in [0.3, 0.4) is 0 Å². The molecule has 0 spiro atoms. The molecule has 1 atom stereocenters. The number of nitrogens with two attached hydrogens (primary N) is 1. The Hall–Kier alpha value is -1.41. The van der Waals surface area contributed by atoms with Crippen LogP contribution in [-0.2, 0) is 9.59 Å². The molecule has 0 saturated carbocycles. The molecule has 0 radical (unpaired) electrons. The molecule has 1 aromatic rings. The van der Waals surface area contributed by atoms with Crippen LogP contribution in [0.2, 0.25) is 10.0 Å². The number of pyridine rings is 1. The highest BCUT2D eigenvalue weighted by atomic mass is 35.5. The quantitative estimate of drug-likeness (QED) is 0.725. The fourth-order valence-electron chi connectivity index (χ4n) is 2.08. The molecule has 1 aliphatic rings. The molecular formula is C12H15Cl2N5O2. The van der Waals surface area contributed by atoms with Crippen LogP contribution in [0.1, 0.15) is 0 Å². The third-order valence-corrected chi connectivity index (χ3v) is 3.59. The summed E-state index contributed by atoms with van der Waals surface area (Å²) in [5.74, 6) is -0.547. The second kappa shape index (κ2) is 7.04. The van der Waals surface area contributed by atoms with Crippen LogP contribution in [-0.4, -0.2) is 53.9 Å². The summed E-state index contributed by atoms with van der Waals surface area (Å²) in [5, 5.41) is 6.29. The van der Waals surface area contributed by atoms with Gasteiger partial charge in [0.25, 0.3) is 0 Å². The van der Waals surface area contributed by atoms with E-state index >= 15 is 0 Å². The summed E-state index contributed by atoms with van der Waals surface area (Å²) in [4.78, 5) is 29.1. The molecule has 21 heavy (non-hydrogen) atoms. The first kappa shape index (κ1) is 16.0. The number of primary amides is 1. The van der Waals surface area contributed by atoms with Crippen molar-refractivity contribution in [3.8, 4) is 0 Å². The van der Waals surface area contributed by atoms with Crippen LogP contribution >= 0.6 is 23.2 Å². The van der Waals surface area contributed by atoms with Crippen LogP contribution in [0, 0.1) is 0 Å². The van der Waals surface area contributed by atoms with Crippen molar-refractivity contribution in [3.63, 3.8) is 0 Å². The molecule has 1 saturated heterocycles. The Morgan fingerprint density at radius 2 is 2.29 bits per heavy atom. The summed E-state index contributed by atoms with van der Waals surface area (Å²) in [6.45, 7) is 1.72. The highest BCUT2D eigenvalue weighted by molar-refractivity contribution is 6.36. The molecule has 0 bridgehead atoms. The molecule has 2 heterocycles. The largest absolute Gasteiger partial charge is 0.368 e. The van der Waals surface area contributed by atoms with Gasteiger partial charge >= 0.3 is 0 Å². The smallest absolute Gasteiger partial charge is 0.239 e. The molecule has 0 aliphatic carbocycles. The minimum Gasteiger partial charge on any atom is -0.368 e. The number of rotatable bonds is 4. The number of hydrogen-bond donors (Lipinski definition) is 3. The minimum atomic E-state index is -0.502. The average Bonchev–Trinajstić information content (AvgIpc) is 2.42. The molecule has 1 aliphatic heterocycles. The SMILES string of the molecule is NC(=O)C1CNCCN1CC(=O)Nc1ncc(Cl)cc1Cl.